The van der Waals surface area contributed by atoms with E-state index < -0.39 is 5.54 Å². The van der Waals surface area contributed by atoms with Gasteiger partial charge in [-0.25, -0.2) is 4.90 Å². The van der Waals surface area contributed by atoms with E-state index in [9.17, 15) is 9.59 Å². The Morgan fingerprint density at radius 3 is 2.28 bits per heavy atom. The highest BCUT2D eigenvalue weighted by atomic mass is 16.2. The maximum Gasteiger partial charge on any atom is 0.240 e. The van der Waals surface area contributed by atoms with E-state index in [2.05, 4.69) is 5.01 Å². The number of carbonyl (C=O) groups is 2. The zero-order chi connectivity index (χ0) is 19.6. The zero-order valence-corrected chi connectivity index (χ0v) is 16.1. The third-order valence-corrected chi connectivity index (χ3v) is 6.94. The maximum atomic E-state index is 13.6. The largest absolute Gasteiger partial charge is 0.274 e. The molecule has 2 aromatic rings. The second-order valence-electron chi connectivity index (χ2n) is 8.32. The minimum absolute atomic E-state index is 0.0711. The van der Waals surface area contributed by atoms with Crippen LogP contribution >= 0.6 is 0 Å². The zero-order valence-electron chi connectivity index (χ0n) is 16.1. The average molecular weight is 386 g/mol. The second-order valence-corrected chi connectivity index (χ2v) is 8.32. The highest BCUT2D eigenvalue weighted by Gasteiger charge is 2.70. The Balaban J connectivity index is 1.45. The molecule has 0 bridgehead atoms. The Morgan fingerprint density at radius 1 is 0.862 bits per heavy atom. The number of benzene rings is 2. The molecule has 3 heterocycles. The highest BCUT2D eigenvalue weighted by Crippen LogP contribution is 2.54. The number of hydrazone groups is 1. The molecule has 4 aliphatic rings. The molecule has 6 rings (SSSR count). The van der Waals surface area contributed by atoms with Crippen molar-refractivity contribution < 1.29 is 9.59 Å². The standard InChI is InChI=1S/C23H22N4O2/c28-21-18-15-25-23(20(18)22(29)26(21)16-9-3-1-4-10-16)14-8-7-13-19(23)24-27(25)17-11-5-2-6-12-17/h1-6,9-12,18,20H,7-8,13-15H2/t18-,20+,23+/m0/s1. The number of carbonyl (C=O) groups excluding carboxylic acids is 2. The van der Waals surface area contributed by atoms with Crippen LogP contribution in [0.5, 0.6) is 0 Å². The minimum Gasteiger partial charge on any atom is -0.274 e. The first-order valence-corrected chi connectivity index (χ1v) is 10.4. The van der Waals surface area contributed by atoms with Gasteiger partial charge in [0.15, 0.2) is 0 Å². The lowest BCUT2D eigenvalue weighted by molar-refractivity contribution is -0.124. The van der Waals surface area contributed by atoms with E-state index >= 15 is 0 Å². The normalized spacial score (nSPS) is 31.0. The monoisotopic (exact) mass is 386 g/mol. The summed E-state index contributed by atoms with van der Waals surface area (Å²) in [6.45, 7) is 0.528. The molecule has 146 valence electrons. The number of hydrazine groups is 1. The first kappa shape index (κ1) is 16.9. The van der Waals surface area contributed by atoms with Crippen molar-refractivity contribution in [2.45, 2.75) is 31.2 Å². The Kier molecular flexibility index (Phi) is 3.50. The van der Waals surface area contributed by atoms with Gasteiger partial charge in [0.25, 0.3) is 0 Å². The molecule has 1 saturated carbocycles. The maximum absolute atomic E-state index is 13.6. The fourth-order valence-corrected chi connectivity index (χ4v) is 5.76. The van der Waals surface area contributed by atoms with Crippen LogP contribution in [-0.4, -0.2) is 34.6 Å². The number of anilines is 2. The lowest BCUT2D eigenvalue weighted by atomic mass is 9.70. The van der Waals surface area contributed by atoms with E-state index in [1.165, 1.54) is 4.90 Å². The number of amides is 2. The number of hydrogen-bond acceptors (Lipinski definition) is 5. The van der Waals surface area contributed by atoms with Crippen molar-refractivity contribution in [1.29, 1.82) is 0 Å². The van der Waals surface area contributed by atoms with Gasteiger partial charge >= 0.3 is 0 Å². The van der Waals surface area contributed by atoms with Crippen molar-refractivity contribution in [2.24, 2.45) is 16.9 Å². The van der Waals surface area contributed by atoms with Gasteiger partial charge in [-0.3, -0.25) is 9.59 Å². The van der Waals surface area contributed by atoms with Crippen LogP contribution < -0.4 is 10.0 Å². The van der Waals surface area contributed by atoms with E-state index in [-0.39, 0.29) is 23.7 Å². The first-order valence-electron chi connectivity index (χ1n) is 10.4. The molecular formula is C23H22N4O2. The summed E-state index contributed by atoms with van der Waals surface area (Å²) in [7, 11) is 0. The van der Waals surface area contributed by atoms with Crippen LogP contribution in [0.25, 0.3) is 0 Å². The Bertz CT molecular complexity index is 1020. The topological polar surface area (TPSA) is 56.2 Å². The van der Waals surface area contributed by atoms with Crippen molar-refractivity contribution in [3.8, 4) is 0 Å². The van der Waals surface area contributed by atoms with Crippen LogP contribution in [0.3, 0.4) is 0 Å². The Morgan fingerprint density at radius 2 is 1.55 bits per heavy atom. The van der Waals surface area contributed by atoms with Crippen LogP contribution in [-0.2, 0) is 9.59 Å². The number of hydrogen-bond donors (Lipinski definition) is 0. The molecule has 2 aromatic carbocycles. The molecule has 6 nitrogen and oxygen atoms in total. The summed E-state index contributed by atoms with van der Waals surface area (Å²) in [6, 6.07) is 19.4. The third kappa shape index (κ3) is 2.12. The molecule has 3 fully saturated rings. The summed E-state index contributed by atoms with van der Waals surface area (Å²) in [4.78, 5) is 28.4. The van der Waals surface area contributed by atoms with Gasteiger partial charge in [0.2, 0.25) is 11.8 Å². The SMILES string of the molecule is O=C1[C@H]2CN3N(c4ccccc4)N=C4CCCC[C@]43[C@H]2C(=O)N1c1ccccc1. The molecule has 3 atom stereocenters. The van der Waals surface area contributed by atoms with E-state index in [0.717, 1.165) is 37.1 Å². The van der Waals surface area contributed by atoms with Crippen LogP contribution in [0, 0.1) is 11.8 Å². The summed E-state index contributed by atoms with van der Waals surface area (Å²) in [5.74, 6) is -0.827. The van der Waals surface area contributed by atoms with E-state index in [0.29, 0.717) is 12.2 Å². The van der Waals surface area contributed by atoms with Crippen molar-refractivity contribution in [3.05, 3.63) is 60.7 Å². The average Bonchev–Trinajstić information content (AvgIpc) is 3.34. The molecule has 1 aliphatic carbocycles. The summed E-state index contributed by atoms with van der Waals surface area (Å²) in [6.07, 6.45) is 3.89. The highest BCUT2D eigenvalue weighted by molar-refractivity contribution is 6.24. The minimum atomic E-state index is -0.463. The molecule has 1 spiro atoms. The van der Waals surface area contributed by atoms with Gasteiger partial charge in [0.05, 0.1) is 34.5 Å². The summed E-state index contributed by atoms with van der Waals surface area (Å²) < 4.78 is 0. The molecule has 0 unspecified atom stereocenters. The number of rotatable bonds is 2. The van der Waals surface area contributed by atoms with Crippen molar-refractivity contribution >= 4 is 28.9 Å². The van der Waals surface area contributed by atoms with E-state index in [1.807, 2.05) is 65.8 Å². The Labute approximate surface area is 169 Å². The third-order valence-electron chi connectivity index (χ3n) is 6.94. The van der Waals surface area contributed by atoms with Gasteiger partial charge in [0.1, 0.15) is 0 Å². The van der Waals surface area contributed by atoms with Gasteiger partial charge < -0.3 is 0 Å². The van der Waals surface area contributed by atoms with Crippen LogP contribution in [0.15, 0.2) is 65.8 Å². The summed E-state index contributed by atoms with van der Waals surface area (Å²) in [5, 5.41) is 9.13. The smallest absolute Gasteiger partial charge is 0.240 e. The summed E-state index contributed by atoms with van der Waals surface area (Å²) in [5.41, 5.74) is 2.26. The van der Waals surface area contributed by atoms with E-state index in [4.69, 9.17) is 5.10 Å². The molecule has 0 N–H and O–H groups in total. The quantitative estimate of drug-likeness (QED) is 0.744. The van der Waals surface area contributed by atoms with Crippen molar-refractivity contribution in [2.75, 3.05) is 16.6 Å². The lowest BCUT2D eigenvalue weighted by Gasteiger charge is -2.41. The molecule has 2 amide bonds. The van der Waals surface area contributed by atoms with E-state index in [1.54, 1.807) is 0 Å². The van der Waals surface area contributed by atoms with Crippen LogP contribution in [0.4, 0.5) is 11.4 Å². The fraction of sp³-hybridized carbons (Fsp3) is 0.348. The van der Waals surface area contributed by atoms with Crippen LogP contribution in [0.1, 0.15) is 25.7 Å². The summed E-state index contributed by atoms with van der Waals surface area (Å²) >= 11 is 0. The molecule has 29 heavy (non-hydrogen) atoms. The number of fused-ring (bicyclic) bond motifs is 1. The fourth-order valence-electron chi connectivity index (χ4n) is 5.76. The molecule has 2 saturated heterocycles. The Hall–Kier alpha value is -2.99. The predicted molar refractivity (Wildman–Crippen MR) is 110 cm³/mol. The second kappa shape index (κ2) is 6.00. The first-order chi connectivity index (χ1) is 14.2. The molecular weight excluding hydrogens is 364 g/mol. The van der Waals surface area contributed by atoms with Gasteiger partial charge in [0, 0.05) is 6.54 Å². The van der Waals surface area contributed by atoms with Gasteiger partial charge in [-0.15, -0.1) is 0 Å². The predicted octanol–water partition coefficient (Wildman–Crippen LogP) is 3.21. The molecule has 0 aromatic heterocycles. The van der Waals surface area contributed by atoms with Gasteiger partial charge in [-0.2, -0.15) is 15.2 Å². The van der Waals surface area contributed by atoms with Crippen molar-refractivity contribution in [1.82, 2.24) is 5.01 Å². The number of nitrogens with zero attached hydrogens (tertiary/aromatic N) is 4. The lowest BCUT2D eigenvalue weighted by Crippen LogP contribution is -2.57. The van der Waals surface area contributed by atoms with Crippen molar-refractivity contribution in [3.63, 3.8) is 0 Å². The molecule has 6 heteroatoms. The molecule has 3 aliphatic heterocycles. The number of imide groups is 1. The van der Waals surface area contributed by atoms with Gasteiger partial charge in [-0.05, 0) is 43.5 Å². The number of para-hydroxylation sites is 2. The molecule has 0 radical (unpaired) electrons. The van der Waals surface area contributed by atoms with Crippen LogP contribution in [0.2, 0.25) is 0 Å². The van der Waals surface area contributed by atoms with Gasteiger partial charge in [-0.1, -0.05) is 42.8 Å².